The predicted octanol–water partition coefficient (Wildman–Crippen LogP) is 3.69. The number of fused-ring (bicyclic) bond motifs is 1. The van der Waals surface area contributed by atoms with E-state index in [9.17, 15) is 13.2 Å². The highest BCUT2D eigenvalue weighted by molar-refractivity contribution is 8.00. The maximum Gasteiger partial charge on any atom is 0.233 e. The minimum atomic E-state index is -3.04. The molecule has 2 heterocycles. The number of pyridine rings is 1. The number of nitrogens with one attached hydrogen (secondary N) is 1. The topological polar surface area (TPSA) is 85.4 Å². The van der Waals surface area contributed by atoms with Gasteiger partial charge in [0.1, 0.15) is 5.75 Å². The van der Waals surface area contributed by atoms with E-state index in [1.165, 1.54) is 11.8 Å². The van der Waals surface area contributed by atoms with Crippen molar-refractivity contribution >= 4 is 38.4 Å². The zero-order valence-corrected chi connectivity index (χ0v) is 19.0. The van der Waals surface area contributed by atoms with Gasteiger partial charge in [0.25, 0.3) is 0 Å². The Morgan fingerprint density at radius 2 is 1.97 bits per heavy atom. The van der Waals surface area contributed by atoms with Crippen molar-refractivity contribution in [1.82, 2.24) is 10.3 Å². The van der Waals surface area contributed by atoms with Crippen LogP contribution in [0.3, 0.4) is 0 Å². The average molecular weight is 457 g/mol. The van der Waals surface area contributed by atoms with Crippen molar-refractivity contribution in [3.8, 4) is 16.9 Å². The lowest BCUT2D eigenvalue weighted by Crippen LogP contribution is -2.39. The van der Waals surface area contributed by atoms with Crippen LogP contribution in [-0.4, -0.2) is 49.2 Å². The van der Waals surface area contributed by atoms with Gasteiger partial charge in [-0.25, -0.2) is 13.4 Å². The van der Waals surface area contributed by atoms with Crippen molar-refractivity contribution in [1.29, 1.82) is 0 Å². The van der Waals surface area contributed by atoms with Crippen LogP contribution in [0, 0.1) is 0 Å². The molecule has 0 unspecified atom stereocenters. The summed E-state index contributed by atoms with van der Waals surface area (Å²) < 4.78 is 28.7. The lowest BCUT2D eigenvalue weighted by Gasteiger charge is -2.16. The second kappa shape index (κ2) is 8.88. The van der Waals surface area contributed by atoms with Crippen LogP contribution in [0.15, 0.2) is 59.6 Å². The first-order valence-electron chi connectivity index (χ1n) is 10.1. The molecule has 0 spiro atoms. The SMILES string of the molecule is COc1ccc2c(-c3ccccc3)cc(S[C@@H](C)C(=O)N[C@@H]3CCS(=O)(=O)C3)nc2c1. The average Bonchev–Trinajstić information content (AvgIpc) is 3.11. The molecule has 2 aromatic carbocycles. The quantitative estimate of drug-likeness (QED) is 0.570. The molecule has 1 aliphatic rings. The van der Waals surface area contributed by atoms with E-state index in [0.717, 1.165) is 32.8 Å². The molecular weight excluding hydrogens is 432 g/mol. The van der Waals surface area contributed by atoms with Crippen LogP contribution >= 0.6 is 11.8 Å². The molecule has 31 heavy (non-hydrogen) atoms. The molecule has 3 aromatic rings. The summed E-state index contributed by atoms with van der Waals surface area (Å²) in [6.07, 6.45) is 0.470. The standard InChI is InChI=1S/C23H24N2O4S2/c1-15(23(26)24-17-10-11-31(27,28)14-17)30-22-13-20(16-6-4-3-5-7-16)19-9-8-18(29-2)12-21(19)25-22/h3-9,12-13,15,17H,10-11,14H2,1-2H3,(H,24,26)/t15-,17+/m0/s1. The van der Waals surface area contributed by atoms with Gasteiger partial charge in [-0.3, -0.25) is 4.79 Å². The Morgan fingerprint density at radius 1 is 1.19 bits per heavy atom. The Bertz CT molecular complexity index is 1210. The van der Waals surface area contributed by atoms with Crippen LogP contribution in [-0.2, 0) is 14.6 Å². The van der Waals surface area contributed by atoms with Gasteiger partial charge in [-0.05, 0) is 42.7 Å². The number of hydrogen-bond acceptors (Lipinski definition) is 6. The molecule has 0 radical (unpaired) electrons. The Kier molecular flexibility index (Phi) is 6.20. The maximum atomic E-state index is 12.7. The van der Waals surface area contributed by atoms with Gasteiger partial charge in [0, 0.05) is 17.5 Å². The Balaban J connectivity index is 1.61. The van der Waals surface area contributed by atoms with E-state index in [0.29, 0.717) is 6.42 Å². The van der Waals surface area contributed by atoms with Gasteiger partial charge in [-0.1, -0.05) is 42.1 Å². The van der Waals surface area contributed by atoms with Crippen LogP contribution in [0.1, 0.15) is 13.3 Å². The highest BCUT2D eigenvalue weighted by Gasteiger charge is 2.30. The number of carbonyl (C=O) groups is 1. The summed E-state index contributed by atoms with van der Waals surface area (Å²) in [7, 11) is -1.42. The van der Waals surface area contributed by atoms with Gasteiger partial charge in [-0.15, -0.1) is 0 Å². The second-order valence-electron chi connectivity index (χ2n) is 7.63. The minimum Gasteiger partial charge on any atom is -0.497 e. The predicted molar refractivity (Wildman–Crippen MR) is 124 cm³/mol. The molecule has 1 fully saturated rings. The van der Waals surface area contributed by atoms with E-state index in [-0.39, 0.29) is 23.5 Å². The van der Waals surface area contributed by atoms with Crippen LogP contribution in [0.2, 0.25) is 0 Å². The minimum absolute atomic E-state index is 0.0162. The number of rotatable bonds is 6. The molecule has 1 amide bonds. The third-order valence-corrected chi connectivity index (χ3v) is 8.11. The van der Waals surface area contributed by atoms with Crippen molar-refractivity contribution in [2.75, 3.05) is 18.6 Å². The number of amides is 1. The van der Waals surface area contributed by atoms with Gasteiger partial charge in [-0.2, -0.15) is 0 Å². The summed E-state index contributed by atoms with van der Waals surface area (Å²) in [5.74, 6) is 0.686. The zero-order valence-electron chi connectivity index (χ0n) is 17.4. The first kappa shape index (κ1) is 21.6. The maximum absolute atomic E-state index is 12.7. The van der Waals surface area contributed by atoms with Crippen molar-refractivity contribution in [3.63, 3.8) is 0 Å². The van der Waals surface area contributed by atoms with Gasteiger partial charge in [0.05, 0.1) is 34.4 Å². The summed E-state index contributed by atoms with van der Waals surface area (Å²) in [6, 6.07) is 17.5. The number of benzene rings is 2. The number of sulfone groups is 1. The van der Waals surface area contributed by atoms with Crippen LogP contribution in [0.5, 0.6) is 5.75 Å². The summed E-state index contributed by atoms with van der Waals surface area (Å²) in [5.41, 5.74) is 2.89. The lowest BCUT2D eigenvalue weighted by atomic mass is 10.0. The van der Waals surface area contributed by atoms with Crippen molar-refractivity contribution in [2.24, 2.45) is 0 Å². The molecule has 2 atom stereocenters. The number of aromatic nitrogens is 1. The number of nitrogens with zero attached hydrogens (tertiary/aromatic N) is 1. The molecule has 8 heteroatoms. The van der Waals surface area contributed by atoms with E-state index in [1.54, 1.807) is 7.11 Å². The number of carbonyl (C=O) groups excluding carboxylic acids is 1. The molecule has 1 aromatic heterocycles. The molecule has 4 rings (SSSR count). The summed E-state index contributed by atoms with van der Waals surface area (Å²) in [6.45, 7) is 1.81. The number of methoxy groups -OCH3 is 1. The molecule has 1 aliphatic heterocycles. The molecule has 1 saturated heterocycles. The molecule has 162 valence electrons. The Morgan fingerprint density at radius 3 is 2.65 bits per heavy atom. The molecular formula is C23H24N2O4S2. The van der Waals surface area contributed by atoms with E-state index >= 15 is 0 Å². The highest BCUT2D eigenvalue weighted by Crippen LogP contribution is 2.34. The van der Waals surface area contributed by atoms with Crippen molar-refractivity contribution < 1.29 is 17.9 Å². The van der Waals surface area contributed by atoms with E-state index in [4.69, 9.17) is 9.72 Å². The third kappa shape index (κ3) is 5.02. The fraction of sp³-hybridized carbons (Fsp3) is 0.304. The molecule has 0 bridgehead atoms. The second-order valence-corrected chi connectivity index (χ2v) is 11.2. The molecule has 6 nitrogen and oxygen atoms in total. The number of thioether (sulfide) groups is 1. The van der Waals surface area contributed by atoms with Gasteiger partial charge in [0.2, 0.25) is 5.91 Å². The molecule has 0 aliphatic carbocycles. The number of ether oxygens (including phenoxy) is 1. The molecule has 1 N–H and O–H groups in total. The van der Waals surface area contributed by atoms with E-state index < -0.39 is 15.1 Å². The summed E-state index contributed by atoms with van der Waals surface area (Å²) >= 11 is 1.36. The summed E-state index contributed by atoms with van der Waals surface area (Å²) in [5, 5.41) is 4.18. The molecule has 0 saturated carbocycles. The zero-order chi connectivity index (χ0) is 22.0. The first-order chi connectivity index (χ1) is 14.8. The van der Waals surface area contributed by atoms with E-state index in [1.807, 2.05) is 61.5 Å². The van der Waals surface area contributed by atoms with Crippen LogP contribution in [0.4, 0.5) is 0 Å². The first-order valence-corrected chi connectivity index (χ1v) is 12.8. The van der Waals surface area contributed by atoms with Crippen molar-refractivity contribution in [2.45, 2.75) is 29.7 Å². The summed E-state index contributed by atoms with van der Waals surface area (Å²) in [4.78, 5) is 17.4. The normalized spacial score (nSPS) is 18.6. The lowest BCUT2D eigenvalue weighted by molar-refractivity contribution is -0.120. The highest BCUT2D eigenvalue weighted by atomic mass is 32.2. The Hall–Kier alpha value is -2.58. The van der Waals surface area contributed by atoms with Crippen molar-refractivity contribution in [3.05, 3.63) is 54.6 Å². The number of hydrogen-bond donors (Lipinski definition) is 1. The fourth-order valence-electron chi connectivity index (χ4n) is 3.69. The third-order valence-electron chi connectivity index (χ3n) is 5.32. The van der Waals surface area contributed by atoms with E-state index in [2.05, 4.69) is 5.32 Å². The largest absolute Gasteiger partial charge is 0.497 e. The monoisotopic (exact) mass is 456 g/mol. The Labute approximate surface area is 186 Å². The van der Waals surface area contributed by atoms with Crippen LogP contribution < -0.4 is 10.1 Å². The van der Waals surface area contributed by atoms with Gasteiger partial charge >= 0.3 is 0 Å². The van der Waals surface area contributed by atoms with Gasteiger partial charge in [0.15, 0.2) is 9.84 Å². The van der Waals surface area contributed by atoms with Gasteiger partial charge < -0.3 is 10.1 Å². The smallest absolute Gasteiger partial charge is 0.233 e. The van der Waals surface area contributed by atoms with Crippen LogP contribution in [0.25, 0.3) is 22.0 Å². The fourth-order valence-corrected chi connectivity index (χ4v) is 6.24.